The maximum absolute atomic E-state index is 12.0. The van der Waals surface area contributed by atoms with E-state index in [1.165, 1.54) is 4.31 Å². The van der Waals surface area contributed by atoms with Crippen molar-refractivity contribution in [1.82, 2.24) is 4.31 Å². The largest absolute Gasteiger partial charge is 0.326 e. The third-order valence-corrected chi connectivity index (χ3v) is 4.91. The molecule has 1 fully saturated rings. The van der Waals surface area contributed by atoms with Crippen LogP contribution >= 0.6 is 0 Å². The van der Waals surface area contributed by atoms with Gasteiger partial charge in [0.25, 0.3) is 0 Å². The molecule has 0 radical (unpaired) electrons. The maximum atomic E-state index is 12.0. The Morgan fingerprint density at radius 2 is 2.00 bits per heavy atom. The molecule has 17 heavy (non-hydrogen) atoms. The van der Waals surface area contributed by atoms with Crippen molar-refractivity contribution >= 4 is 10.0 Å². The molecule has 1 saturated heterocycles. The van der Waals surface area contributed by atoms with Gasteiger partial charge in [0, 0.05) is 19.1 Å². The summed E-state index contributed by atoms with van der Waals surface area (Å²) in [6, 6.07) is 9.68. The Morgan fingerprint density at radius 3 is 2.59 bits per heavy atom. The van der Waals surface area contributed by atoms with Gasteiger partial charge in [-0.25, -0.2) is 12.7 Å². The van der Waals surface area contributed by atoms with Crippen LogP contribution in [0.25, 0.3) is 0 Å². The van der Waals surface area contributed by atoms with E-state index in [-0.39, 0.29) is 11.8 Å². The second-order valence-corrected chi connectivity index (χ2v) is 6.55. The smallest absolute Gasteiger partial charge is 0.214 e. The molecule has 0 aliphatic carbocycles. The fraction of sp³-hybridized carbons (Fsp3) is 0.500. The third kappa shape index (κ3) is 3.28. The summed E-state index contributed by atoms with van der Waals surface area (Å²) >= 11 is 0. The second-order valence-electron chi connectivity index (χ2n) is 4.46. The molecular weight excluding hydrogens is 236 g/mol. The number of hydrogen-bond donors (Lipinski definition) is 1. The van der Waals surface area contributed by atoms with Gasteiger partial charge in [-0.1, -0.05) is 30.3 Å². The van der Waals surface area contributed by atoms with Crippen molar-refractivity contribution in [2.45, 2.75) is 18.9 Å². The zero-order valence-electron chi connectivity index (χ0n) is 9.75. The van der Waals surface area contributed by atoms with Crippen molar-refractivity contribution in [2.24, 2.45) is 5.73 Å². The normalized spacial score (nSPS) is 21.8. The first-order chi connectivity index (χ1) is 8.08. The van der Waals surface area contributed by atoms with Crippen molar-refractivity contribution < 1.29 is 8.42 Å². The maximum Gasteiger partial charge on any atom is 0.214 e. The highest BCUT2D eigenvalue weighted by atomic mass is 32.2. The van der Waals surface area contributed by atoms with Crippen molar-refractivity contribution in [3.63, 3.8) is 0 Å². The van der Waals surface area contributed by atoms with Gasteiger partial charge in [-0.05, 0) is 18.4 Å². The first-order valence-electron chi connectivity index (χ1n) is 5.85. The van der Waals surface area contributed by atoms with E-state index in [4.69, 9.17) is 5.73 Å². The lowest BCUT2D eigenvalue weighted by Crippen LogP contribution is -2.34. The quantitative estimate of drug-likeness (QED) is 0.855. The minimum Gasteiger partial charge on any atom is -0.326 e. The van der Waals surface area contributed by atoms with E-state index in [1.54, 1.807) is 0 Å². The minimum absolute atomic E-state index is 0.00139. The lowest BCUT2D eigenvalue weighted by Gasteiger charge is -2.15. The zero-order chi connectivity index (χ0) is 12.3. The van der Waals surface area contributed by atoms with Gasteiger partial charge in [0.05, 0.1) is 5.75 Å². The first kappa shape index (κ1) is 12.5. The van der Waals surface area contributed by atoms with Gasteiger partial charge in [-0.2, -0.15) is 0 Å². The van der Waals surface area contributed by atoms with Crippen LogP contribution in [0.3, 0.4) is 0 Å². The van der Waals surface area contributed by atoms with Crippen LogP contribution in [0.4, 0.5) is 0 Å². The molecule has 0 bridgehead atoms. The summed E-state index contributed by atoms with van der Waals surface area (Å²) in [6.45, 7) is 1.04. The molecule has 1 atom stereocenters. The van der Waals surface area contributed by atoms with Crippen molar-refractivity contribution in [2.75, 3.05) is 18.8 Å². The predicted octanol–water partition coefficient (Wildman–Crippen LogP) is 0.592. The van der Waals surface area contributed by atoms with E-state index in [2.05, 4.69) is 0 Å². The Labute approximate surface area is 102 Å². The van der Waals surface area contributed by atoms with E-state index in [9.17, 15) is 8.42 Å². The van der Waals surface area contributed by atoms with Crippen LogP contribution in [0.5, 0.6) is 0 Å². The molecule has 5 heteroatoms. The van der Waals surface area contributed by atoms with Crippen LogP contribution in [0.1, 0.15) is 12.0 Å². The van der Waals surface area contributed by atoms with E-state index in [0.29, 0.717) is 19.5 Å². The predicted molar refractivity (Wildman–Crippen MR) is 68.1 cm³/mol. The van der Waals surface area contributed by atoms with Gasteiger partial charge in [0.2, 0.25) is 10.0 Å². The fourth-order valence-corrected chi connectivity index (χ4v) is 3.58. The Morgan fingerprint density at radius 1 is 1.29 bits per heavy atom. The van der Waals surface area contributed by atoms with Crippen LogP contribution in [-0.4, -0.2) is 37.6 Å². The molecule has 1 aliphatic heterocycles. The molecule has 0 amide bonds. The average Bonchev–Trinajstić information content (AvgIpc) is 2.76. The van der Waals surface area contributed by atoms with Crippen molar-refractivity contribution in [1.29, 1.82) is 0 Å². The molecule has 1 heterocycles. The molecule has 1 aromatic rings. The number of nitrogens with zero attached hydrogens (tertiary/aromatic N) is 1. The van der Waals surface area contributed by atoms with Crippen LogP contribution in [0.2, 0.25) is 0 Å². The van der Waals surface area contributed by atoms with Crippen molar-refractivity contribution in [3.05, 3.63) is 35.9 Å². The van der Waals surface area contributed by atoms with Gasteiger partial charge in [0.1, 0.15) is 0 Å². The van der Waals surface area contributed by atoms with Gasteiger partial charge in [-0.15, -0.1) is 0 Å². The molecule has 4 nitrogen and oxygen atoms in total. The summed E-state index contributed by atoms with van der Waals surface area (Å²) in [6.07, 6.45) is 1.33. The number of benzene rings is 1. The topological polar surface area (TPSA) is 63.4 Å². The van der Waals surface area contributed by atoms with E-state index < -0.39 is 10.0 Å². The number of hydrogen-bond acceptors (Lipinski definition) is 3. The Kier molecular flexibility index (Phi) is 3.81. The minimum atomic E-state index is -3.14. The number of sulfonamides is 1. The Balaban J connectivity index is 1.94. The molecule has 0 saturated carbocycles. The van der Waals surface area contributed by atoms with Gasteiger partial charge < -0.3 is 5.73 Å². The molecule has 2 N–H and O–H groups in total. The highest BCUT2D eigenvalue weighted by Gasteiger charge is 2.28. The van der Waals surface area contributed by atoms with E-state index in [1.807, 2.05) is 30.3 Å². The van der Waals surface area contributed by atoms with Crippen LogP contribution < -0.4 is 5.73 Å². The standard InChI is InChI=1S/C12H18N2O2S/c13-12-6-8-14(10-12)17(15,16)9-7-11-4-2-1-3-5-11/h1-5,12H,6-10,13H2. The molecule has 0 aromatic heterocycles. The summed E-state index contributed by atoms with van der Waals surface area (Å²) in [4.78, 5) is 0. The average molecular weight is 254 g/mol. The third-order valence-electron chi connectivity index (χ3n) is 3.07. The van der Waals surface area contributed by atoms with Gasteiger partial charge in [-0.3, -0.25) is 0 Å². The highest BCUT2D eigenvalue weighted by molar-refractivity contribution is 7.89. The summed E-state index contributed by atoms with van der Waals surface area (Å²) in [5, 5.41) is 0. The second kappa shape index (κ2) is 5.16. The van der Waals surface area contributed by atoms with Crippen LogP contribution in [0.15, 0.2) is 30.3 Å². The number of nitrogens with two attached hydrogens (primary N) is 1. The van der Waals surface area contributed by atoms with Crippen LogP contribution in [-0.2, 0) is 16.4 Å². The molecule has 2 rings (SSSR count). The van der Waals surface area contributed by atoms with Crippen LogP contribution in [0, 0.1) is 0 Å². The first-order valence-corrected chi connectivity index (χ1v) is 7.46. The molecule has 94 valence electrons. The lowest BCUT2D eigenvalue weighted by molar-refractivity contribution is 0.472. The number of rotatable bonds is 4. The molecule has 1 unspecified atom stereocenters. The summed E-state index contributed by atoms with van der Waals surface area (Å²) in [5.41, 5.74) is 6.78. The fourth-order valence-electron chi connectivity index (χ4n) is 2.03. The van der Waals surface area contributed by atoms with Gasteiger partial charge in [0.15, 0.2) is 0 Å². The molecular formula is C12H18N2O2S. The van der Waals surface area contributed by atoms with E-state index in [0.717, 1.165) is 12.0 Å². The monoisotopic (exact) mass is 254 g/mol. The highest BCUT2D eigenvalue weighted by Crippen LogP contribution is 2.14. The molecule has 0 spiro atoms. The summed E-state index contributed by atoms with van der Waals surface area (Å²) in [7, 11) is -3.14. The lowest BCUT2D eigenvalue weighted by atomic mass is 10.2. The zero-order valence-corrected chi connectivity index (χ0v) is 10.6. The molecule has 1 aromatic carbocycles. The Hall–Kier alpha value is -0.910. The number of aryl methyl sites for hydroxylation is 1. The molecule has 1 aliphatic rings. The summed E-state index contributed by atoms with van der Waals surface area (Å²) in [5.74, 6) is 0.170. The summed E-state index contributed by atoms with van der Waals surface area (Å²) < 4.78 is 25.6. The van der Waals surface area contributed by atoms with E-state index >= 15 is 0 Å². The Bertz CT molecular complexity index is 459. The van der Waals surface area contributed by atoms with Crippen molar-refractivity contribution in [3.8, 4) is 0 Å². The van der Waals surface area contributed by atoms with Gasteiger partial charge >= 0.3 is 0 Å². The SMILES string of the molecule is NC1CCN(S(=O)(=O)CCc2ccccc2)C1.